The predicted octanol–water partition coefficient (Wildman–Crippen LogP) is 11.0. The summed E-state index contributed by atoms with van der Waals surface area (Å²) < 4.78 is 78.9. The summed E-state index contributed by atoms with van der Waals surface area (Å²) in [5, 5.41) is 9.63. The highest BCUT2D eigenvalue weighted by atomic mass is 35.5. The highest BCUT2D eigenvalue weighted by molar-refractivity contribution is 7.11. The molecular weight excluding hydrogens is 1070 g/mol. The Hall–Kier alpha value is -5.80. The lowest BCUT2D eigenvalue weighted by Crippen LogP contribution is -2.41. The fourth-order valence-electron chi connectivity index (χ4n) is 9.05. The molecule has 0 aliphatic carbocycles. The number of benzene rings is 4. The summed E-state index contributed by atoms with van der Waals surface area (Å²) in [7, 11) is -1.71. The number of esters is 2. The molecule has 0 N–H and O–H groups in total. The van der Waals surface area contributed by atoms with E-state index in [1.165, 1.54) is 38.4 Å². The molecule has 0 bridgehead atoms. The molecule has 3 saturated heterocycles. The molecule has 82 heavy (non-hydrogen) atoms. The average Bonchev–Trinajstić information content (AvgIpc) is 3.90. The van der Waals surface area contributed by atoms with Crippen LogP contribution < -0.4 is 16.6 Å². The first kappa shape index (κ1) is 63.8. The first-order valence-corrected chi connectivity index (χ1v) is 27.7. The van der Waals surface area contributed by atoms with Crippen LogP contribution >= 0.6 is 11.6 Å². The molecule has 438 valence electrons. The first-order chi connectivity index (χ1) is 37.6. The van der Waals surface area contributed by atoms with Gasteiger partial charge in [0.25, 0.3) is 11.1 Å². The van der Waals surface area contributed by atoms with Crippen molar-refractivity contribution in [2.45, 2.75) is 196 Å². The van der Waals surface area contributed by atoms with E-state index in [1.807, 2.05) is 125 Å². The maximum Gasteiger partial charge on any atom is 0.495 e. The van der Waals surface area contributed by atoms with Crippen LogP contribution in [0.5, 0.6) is 0 Å². The normalized spacial score (nSPS) is 18.5. The third-order valence-electron chi connectivity index (χ3n) is 16.3. The molecule has 3 fully saturated rings. The van der Waals surface area contributed by atoms with Gasteiger partial charge in [-0.25, -0.2) is 8.78 Å². The standard InChI is InChI=1S/C27H32BFN2O5.C21H20ClFN2O3.C12H24B2O4/c1-16(32)34-15-19-20(28-35-26(5,6)27(7,8)36-28)10-9-11-22(19)31-24(33)23-17(14-30-31)12-18(13-21(23)29)25(2,3)4;1-12(26)28-11-15-16(22)6-5-7-18(15)25-20(27)19-13(10-24-25)8-14(9-17(19)23)21(2,3)4;1-9(2)10(3,4)16-13(15-9)14-17-11(5,6)12(7,8)18-14/h9-14H,15H2,1-8H3;5-10H,11H2,1-4H3;1-8H3. The summed E-state index contributed by atoms with van der Waals surface area (Å²) in [5.41, 5.74) is -0.679. The molecule has 6 aromatic rings. The maximum absolute atomic E-state index is 15.2. The second kappa shape index (κ2) is 22.7. The number of hydrogen-bond acceptors (Lipinski definition) is 14. The van der Waals surface area contributed by atoms with Crippen molar-refractivity contribution in [1.29, 1.82) is 0 Å². The van der Waals surface area contributed by atoms with Gasteiger partial charge in [-0.05, 0) is 153 Å². The van der Waals surface area contributed by atoms with Gasteiger partial charge in [0.2, 0.25) is 0 Å². The van der Waals surface area contributed by atoms with E-state index in [2.05, 4.69) is 10.2 Å². The SMILES string of the molecule is CC(=O)OCc1c(B2OC(C)(C)C(C)(C)O2)cccc1-n1ncc2cc(C(C)(C)C)cc(F)c2c1=O.CC(=O)OCc1c(Cl)cccc1-n1ncc2cc(C(C)(C)C)cc(F)c2c1=O.CC1(C)OB(B2OC(C)(C)C(C)(C)O2)OC1(C)C. The summed E-state index contributed by atoms with van der Waals surface area (Å²) in [6.07, 6.45) is 2.93. The fourth-order valence-corrected chi connectivity index (χ4v) is 9.27. The van der Waals surface area contributed by atoms with Crippen LogP contribution in [0.15, 0.2) is 82.6 Å². The highest BCUT2D eigenvalue weighted by Crippen LogP contribution is 2.43. The van der Waals surface area contributed by atoms with Crippen molar-refractivity contribution in [3.05, 3.63) is 133 Å². The zero-order chi connectivity index (χ0) is 61.2. The van der Waals surface area contributed by atoms with Crippen LogP contribution in [0.2, 0.25) is 5.02 Å². The van der Waals surface area contributed by atoms with Gasteiger partial charge in [0.1, 0.15) is 24.8 Å². The largest absolute Gasteiger partial charge is 0.495 e. The quantitative estimate of drug-likeness (QED) is 0.104. The van der Waals surface area contributed by atoms with E-state index < -0.39 is 67.0 Å². The lowest BCUT2D eigenvalue weighted by atomic mass is 9.49. The summed E-state index contributed by atoms with van der Waals surface area (Å²) in [6.45, 7) is 38.1. The molecule has 0 saturated carbocycles. The molecule has 0 atom stereocenters. The van der Waals surface area contributed by atoms with Gasteiger partial charge in [0, 0.05) is 40.8 Å². The number of carbonyl (C=O) groups excluding carboxylic acids is 2. The zero-order valence-electron chi connectivity index (χ0n) is 50.9. The Bertz CT molecular complexity index is 3490. The molecule has 4 aromatic carbocycles. The van der Waals surface area contributed by atoms with Crippen molar-refractivity contribution in [1.82, 2.24) is 19.6 Å². The first-order valence-electron chi connectivity index (χ1n) is 27.3. The lowest BCUT2D eigenvalue weighted by Gasteiger charge is -2.32. The van der Waals surface area contributed by atoms with Crippen molar-refractivity contribution in [2.75, 3.05) is 0 Å². The molecule has 2 aromatic heterocycles. The Morgan fingerprint density at radius 2 is 0.890 bits per heavy atom. The number of fused-ring (bicyclic) bond motifs is 2. The Morgan fingerprint density at radius 3 is 1.26 bits per heavy atom. The monoisotopic (exact) mass is 1150 g/mol. The summed E-state index contributed by atoms with van der Waals surface area (Å²) in [6, 6.07) is 16.4. The summed E-state index contributed by atoms with van der Waals surface area (Å²) in [5.74, 6) is -2.18. The number of rotatable bonds is 8. The molecule has 0 spiro atoms. The van der Waals surface area contributed by atoms with E-state index in [0.717, 1.165) is 20.5 Å². The number of ether oxygens (including phenoxy) is 2. The van der Waals surface area contributed by atoms with Gasteiger partial charge in [-0.1, -0.05) is 71.3 Å². The number of carbonyl (C=O) groups is 2. The van der Waals surface area contributed by atoms with Crippen molar-refractivity contribution in [3.8, 4) is 11.4 Å². The minimum absolute atomic E-state index is 0.0542. The van der Waals surface area contributed by atoms with Crippen molar-refractivity contribution < 1.29 is 55.8 Å². The Labute approximate surface area is 485 Å². The highest BCUT2D eigenvalue weighted by Gasteiger charge is 2.64. The van der Waals surface area contributed by atoms with E-state index in [1.54, 1.807) is 48.5 Å². The van der Waals surface area contributed by atoms with Gasteiger partial charge in [0.15, 0.2) is 0 Å². The van der Waals surface area contributed by atoms with Gasteiger partial charge in [-0.15, -0.1) is 0 Å². The molecule has 0 radical (unpaired) electrons. The van der Waals surface area contributed by atoms with Crippen LogP contribution in [0.4, 0.5) is 8.78 Å². The van der Waals surface area contributed by atoms with E-state index in [9.17, 15) is 23.6 Å². The van der Waals surface area contributed by atoms with Crippen molar-refractivity contribution in [3.63, 3.8) is 0 Å². The second-order valence-corrected chi connectivity index (χ2v) is 26.5. The molecule has 16 nitrogen and oxygen atoms in total. The molecule has 22 heteroatoms. The molecule has 0 unspecified atom stereocenters. The Balaban J connectivity index is 0.000000187. The average molecular weight is 1150 g/mol. The van der Waals surface area contributed by atoms with Crippen LogP contribution in [-0.2, 0) is 71.0 Å². The molecular formula is C60H76B3ClF2N4O12. The van der Waals surface area contributed by atoms with E-state index in [-0.39, 0.29) is 57.2 Å². The zero-order valence-corrected chi connectivity index (χ0v) is 51.7. The minimum atomic E-state index is -0.761. The Kier molecular flexibility index (Phi) is 17.6. The van der Waals surface area contributed by atoms with Crippen LogP contribution in [0.25, 0.3) is 32.9 Å². The van der Waals surface area contributed by atoms with Crippen LogP contribution in [0.3, 0.4) is 0 Å². The summed E-state index contributed by atoms with van der Waals surface area (Å²) in [4.78, 5) is 49.4. The third-order valence-corrected chi connectivity index (χ3v) is 16.6. The van der Waals surface area contributed by atoms with Crippen LogP contribution in [-0.4, -0.2) is 86.2 Å². The maximum atomic E-state index is 15.2. The molecule has 3 aliphatic heterocycles. The number of halogens is 3. The molecule has 0 amide bonds. The van der Waals surface area contributed by atoms with E-state index in [4.69, 9.17) is 49.0 Å². The summed E-state index contributed by atoms with van der Waals surface area (Å²) >= 11 is 6.23. The number of aromatic nitrogens is 4. The van der Waals surface area contributed by atoms with Gasteiger partial charge in [0.05, 0.1) is 68.1 Å². The molecule has 5 heterocycles. The lowest BCUT2D eigenvalue weighted by molar-refractivity contribution is -0.143. The Morgan fingerprint density at radius 1 is 0.549 bits per heavy atom. The smallest absolute Gasteiger partial charge is 0.461 e. The topological polar surface area (TPSA) is 178 Å². The molecule has 9 rings (SSSR count). The minimum Gasteiger partial charge on any atom is -0.461 e. The predicted molar refractivity (Wildman–Crippen MR) is 316 cm³/mol. The number of nitrogens with zero attached hydrogens (tertiary/aromatic N) is 4. The van der Waals surface area contributed by atoms with E-state index >= 15 is 4.39 Å². The van der Waals surface area contributed by atoms with Crippen molar-refractivity contribution >= 4 is 71.7 Å². The van der Waals surface area contributed by atoms with Gasteiger partial charge < -0.3 is 37.4 Å². The third kappa shape index (κ3) is 13.0. The number of hydrogen-bond donors (Lipinski definition) is 0. The van der Waals surface area contributed by atoms with E-state index in [0.29, 0.717) is 43.8 Å². The van der Waals surface area contributed by atoms with Crippen molar-refractivity contribution in [2.24, 2.45) is 0 Å². The van der Waals surface area contributed by atoms with Gasteiger partial charge in [-0.3, -0.25) is 19.2 Å². The van der Waals surface area contributed by atoms with Gasteiger partial charge in [-0.2, -0.15) is 19.6 Å². The second-order valence-electron chi connectivity index (χ2n) is 26.0. The van der Waals surface area contributed by atoms with Crippen LogP contribution in [0.1, 0.15) is 161 Å². The van der Waals surface area contributed by atoms with Crippen LogP contribution in [0, 0.1) is 11.6 Å². The molecule has 3 aliphatic rings. The van der Waals surface area contributed by atoms with Gasteiger partial charge >= 0.3 is 33.1 Å². The fraction of sp³-hybridized carbons (Fsp3) is 0.500.